The van der Waals surface area contributed by atoms with E-state index >= 15 is 0 Å². The first-order chi connectivity index (χ1) is 14.7. The summed E-state index contributed by atoms with van der Waals surface area (Å²) in [7, 11) is 0. The van der Waals surface area contributed by atoms with Crippen molar-refractivity contribution in [3.05, 3.63) is 95.6 Å². The maximum atomic E-state index is 12.0. The molecule has 0 saturated carbocycles. The second-order valence-electron chi connectivity index (χ2n) is 7.39. The molecule has 5 aromatic rings. The maximum absolute atomic E-state index is 12.0. The Hall–Kier alpha value is -3.79. The number of pyridine rings is 1. The number of hydrogen-bond donors (Lipinski definition) is 1. The third kappa shape index (κ3) is 2.89. The highest BCUT2D eigenvalue weighted by Crippen LogP contribution is 2.39. The van der Waals surface area contributed by atoms with Gasteiger partial charge >= 0.3 is 5.97 Å². The van der Waals surface area contributed by atoms with Crippen LogP contribution in [0.15, 0.2) is 78.9 Å². The Balaban J connectivity index is 1.58. The van der Waals surface area contributed by atoms with Crippen molar-refractivity contribution >= 4 is 22.5 Å². The lowest BCUT2D eigenvalue weighted by Crippen LogP contribution is -1.96. The van der Waals surface area contributed by atoms with Crippen LogP contribution in [0.2, 0.25) is 0 Å². The fraction of sp³-hybridized carbons (Fsp3) is 0.115. The SMILES string of the molecule is CCc1c(-c2ccc(OCc3ccccc3)cc2)c2c(C(=O)O)cc3cccc1n32. The van der Waals surface area contributed by atoms with E-state index in [0.717, 1.165) is 51.0 Å². The number of ether oxygens (including phenoxy) is 1. The van der Waals surface area contributed by atoms with Crippen LogP contribution in [0.4, 0.5) is 0 Å². The topological polar surface area (TPSA) is 50.9 Å². The summed E-state index contributed by atoms with van der Waals surface area (Å²) in [6.07, 6.45) is 0.821. The van der Waals surface area contributed by atoms with E-state index in [2.05, 4.69) is 17.4 Å². The Kier molecular flexibility index (Phi) is 4.40. The number of benzene rings is 2. The van der Waals surface area contributed by atoms with Crippen molar-refractivity contribution in [3.8, 4) is 16.9 Å². The maximum Gasteiger partial charge on any atom is 0.337 e. The van der Waals surface area contributed by atoms with Crippen LogP contribution in [0.5, 0.6) is 5.75 Å². The normalized spacial score (nSPS) is 11.4. The Morgan fingerprint density at radius 2 is 1.73 bits per heavy atom. The first kappa shape index (κ1) is 18.3. The molecule has 0 amide bonds. The van der Waals surface area contributed by atoms with Crippen LogP contribution in [0.1, 0.15) is 28.4 Å². The molecule has 4 heteroatoms. The van der Waals surface area contributed by atoms with Gasteiger partial charge in [0.05, 0.1) is 16.6 Å². The highest BCUT2D eigenvalue weighted by Gasteiger charge is 2.24. The van der Waals surface area contributed by atoms with Crippen molar-refractivity contribution in [2.45, 2.75) is 20.0 Å². The van der Waals surface area contributed by atoms with Crippen LogP contribution < -0.4 is 4.74 Å². The number of rotatable bonds is 6. The van der Waals surface area contributed by atoms with E-state index in [-0.39, 0.29) is 0 Å². The molecule has 0 spiro atoms. The summed E-state index contributed by atoms with van der Waals surface area (Å²) in [5.74, 6) is -0.118. The van der Waals surface area contributed by atoms with Crippen molar-refractivity contribution in [2.75, 3.05) is 0 Å². The number of aromatic nitrogens is 1. The Morgan fingerprint density at radius 1 is 0.967 bits per heavy atom. The van der Waals surface area contributed by atoms with Gasteiger partial charge in [-0.05, 0) is 53.4 Å². The standard InChI is InChI=1S/C26H21NO3/c1-2-21-23-10-6-9-19-15-22(26(28)29)25(27(19)23)24(21)18-11-13-20(14-12-18)30-16-17-7-4-3-5-8-17/h3-15H,2,16H2,1H3,(H,28,29). The smallest absolute Gasteiger partial charge is 0.337 e. The fourth-order valence-corrected chi connectivity index (χ4v) is 4.27. The van der Waals surface area contributed by atoms with Gasteiger partial charge in [0, 0.05) is 11.1 Å². The van der Waals surface area contributed by atoms with E-state index in [1.807, 2.05) is 66.7 Å². The summed E-state index contributed by atoms with van der Waals surface area (Å²) in [6, 6.07) is 25.7. The first-order valence-electron chi connectivity index (χ1n) is 10.1. The van der Waals surface area contributed by atoms with Gasteiger partial charge in [0.2, 0.25) is 0 Å². The molecule has 30 heavy (non-hydrogen) atoms. The summed E-state index contributed by atoms with van der Waals surface area (Å²) in [6.45, 7) is 2.62. The average Bonchev–Trinajstić information content (AvgIpc) is 3.33. The lowest BCUT2D eigenvalue weighted by molar-refractivity contribution is 0.0699. The van der Waals surface area contributed by atoms with Gasteiger partial charge < -0.3 is 14.2 Å². The zero-order chi connectivity index (χ0) is 20.7. The highest BCUT2D eigenvalue weighted by atomic mass is 16.5. The molecule has 0 atom stereocenters. The summed E-state index contributed by atoms with van der Waals surface area (Å²) in [5.41, 5.74) is 7.35. The van der Waals surface area contributed by atoms with Gasteiger partial charge in [0.25, 0.3) is 0 Å². The lowest BCUT2D eigenvalue weighted by atomic mass is 9.98. The van der Waals surface area contributed by atoms with Crippen molar-refractivity contribution in [3.63, 3.8) is 0 Å². The number of aromatic carboxylic acids is 1. The number of carboxylic acid groups (broad SMARTS) is 1. The van der Waals surface area contributed by atoms with Gasteiger partial charge in [-0.1, -0.05) is 55.5 Å². The number of nitrogens with zero attached hydrogens (tertiary/aromatic N) is 1. The highest BCUT2D eigenvalue weighted by molar-refractivity contribution is 6.08. The summed E-state index contributed by atoms with van der Waals surface area (Å²) >= 11 is 0. The molecule has 3 heterocycles. The summed E-state index contributed by atoms with van der Waals surface area (Å²) in [5, 5.41) is 9.81. The predicted molar refractivity (Wildman–Crippen MR) is 119 cm³/mol. The van der Waals surface area contributed by atoms with Crippen LogP contribution in [0.3, 0.4) is 0 Å². The van der Waals surface area contributed by atoms with Crippen LogP contribution in [-0.4, -0.2) is 15.5 Å². The van der Waals surface area contributed by atoms with Gasteiger partial charge in [-0.25, -0.2) is 4.79 Å². The molecule has 1 N–H and O–H groups in total. The molecule has 0 fully saturated rings. The predicted octanol–water partition coefficient (Wildman–Crippen LogP) is 6.04. The molecule has 0 unspecified atom stereocenters. The second kappa shape index (κ2) is 7.23. The minimum atomic E-state index is -0.905. The largest absolute Gasteiger partial charge is 0.489 e. The zero-order valence-electron chi connectivity index (χ0n) is 16.6. The third-order valence-corrected chi connectivity index (χ3v) is 5.61. The van der Waals surface area contributed by atoms with E-state index in [1.54, 1.807) is 6.07 Å². The van der Waals surface area contributed by atoms with E-state index in [0.29, 0.717) is 12.2 Å². The van der Waals surface area contributed by atoms with E-state index in [9.17, 15) is 9.90 Å². The summed E-state index contributed by atoms with van der Waals surface area (Å²) in [4.78, 5) is 12.0. The molecular formula is C26H21NO3. The average molecular weight is 395 g/mol. The first-order valence-corrected chi connectivity index (χ1v) is 10.1. The lowest BCUT2D eigenvalue weighted by Gasteiger charge is -2.09. The molecule has 0 bridgehead atoms. The third-order valence-electron chi connectivity index (χ3n) is 5.61. The Labute approximate surface area is 174 Å². The van der Waals surface area contributed by atoms with Crippen LogP contribution in [0, 0.1) is 0 Å². The molecule has 148 valence electrons. The molecule has 5 rings (SSSR count). The quantitative estimate of drug-likeness (QED) is 0.381. The van der Waals surface area contributed by atoms with Crippen LogP contribution >= 0.6 is 0 Å². The molecular weight excluding hydrogens is 374 g/mol. The number of carbonyl (C=O) groups is 1. The number of aryl methyl sites for hydroxylation is 1. The number of hydrogen-bond acceptors (Lipinski definition) is 2. The fourth-order valence-electron chi connectivity index (χ4n) is 4.27. The summed E-state index contributed by atoms with van der Waals surface area (Å²) < 4.78 is 7.98. The van der Waals surface area contributed by atoms with E-state index in [4.69, 9.17) is 4.74 Å². The second-order valence-corrected chi connectivity index (χ2v) is 7.39. The van der Waals surface area contributed by atoms with Crippen molar-refractivity contribution in [2.24, 2.45) is 0 Å². The molecule has 0 radical (unpaired) electrons. The monoisotopic (exact) mass is 395 g/mol. The van der Waals surface area contributed by atoms with Gasteiger partial charge in [0.15, 0.2) is 0 Å². The minimum Gasteiger partial charge on any atom is -0.489 e. The van der Waals surface area contributed by atoms with Crippen molar-refractivity contribution < 1.29 is 14.6 Å². The van der Waals surface area contributed by atoms with Crippen molar-refractivity contribution in [1.82, 2.24) is 4.40 Å². The van der Waals surface area contributed by atoms with Crippen LogP contribution in [-0.2, 0) is 13.0 Å². The van der Waals surface area contributed by atoms with Gasteiger partial charge in [0.1, 0.15) is 12.4 Å². The van der Waals surface area contributed by atoms with Crippen molar-refractivity contribution in [1.29, 1.82) is 0 Å². The zero-order valence-corrected chi connectivity index (χ0v) is 16.6. The molecule has 0 aliphatic rings. The Morgan fingerprint density at radius 3 is 2.43 bits per heavy atom. The van der Waals surface area contributed by atoms with Crippen LogP contribution in [0.25, 0.3) is 27.7 Å². The molecule has 0 aliphatic heterocycles. The Bertz CT molecular complexity index is 1330. The molecule has 2 aromatic carbocycles. The molecule has 3 aromatic heterocycles. The molecule has 0 aliphatic carbocycles. The van der Waals surface area contributed by atoms with Gasteiger partial charge in [-0.2, -0.15) is 0 Å². The van der Waals surface area contributed by atoms with E-state index in [1.165, 1.54) is 0 Å². The molecule has 4 nitrogen and oxygen atoms in total. The molecule has 0 saturated heterocycles. The number of carboxylic acids is 1. The minimum absolute atomic E-state index is 0.338. The van der Waals surface area contributed by atoms with Gasteiger partial charge in [-0.3, -0.25) is 0 Å². The van der Waals surface area contributed by atoms with Gasteiger partial charge in [-0.15, -0.1) is 0 Å². The van der Waals surface area contributed by atoms with E-state index < -0.39 is 5.97 Å².